The van der Waals surface area contributed by atoms with Crippen LogP contribution < -0.4 is 9.47 Å². The van der Waals surface area contributed by atoms with Crippen molar-refractivity contribution < 1.29 is 28.6 Å². The maximum Gasteiger partial charge on any atom is 0.311 e. The van der Waals surface area contributed by atoms with E-state index in [1.807, 2.05) is 0 Å². The minimum Gasteiger partial charge on any atom is -0.457 e. The van der Waals surface area contributed by atoms with Crippen molar-refractivity contribution >= 4 is 17.7 Å². The van der Waals surface area contributed by atoms with Gasteiger partial charge in [-0.15, -0.1) is 0 Å². The maximum absolute atomic E-state index is 12.2. The fraction of sp³-hybridized carbons (Fsp3) is 0.471. The Morgan fingerprint density at radius 3 is 2.83 bits per heavy atom. The number of hydrogen-bond donors (Lipinski definition) is 0. The number of esters is 1. The summed E-state index contributed by atoms with van der Waals surface area (Å²) in [5.74, 6) is -0.0568. The Bertz CT molecular complexity index is 671. The number of piperidine rings is 1. The van der Waals surface area contributed by atoms with Crippen molar-refractivity contribution in [3.63, 3.8) is 0 Å². The molecular formula is C17H19NO6. The lowest BCUT2D eigenvalue weighted by atomic mass is 9.98. The molecule has 1 aromatic carbocycles. The van der Waals surface area contributed by atoms with E-state index < -0.39 is 5.97 Å². The minimum absolute atomic E-state index is 0.0519. The summed E-state index contributed by atoms with van der Waals surface area (Å²) in [4.78, 5) is 37.3. The zero-order valence-corrected chi connectivity index (χ0v) is 13.4. The summed E-state index contributed by atoms with van der Waals surface area (Å²) >= 11 is 0. The first-order valence-corrected chi connectivity index (χ1v) is 7.89. The third kappa shape index (κ3) is 3.50. The molecule has 24 heavy (non-hydrogen) atoms. The number of rotatable bonds is 4. The summed E-state index contributed by atoms with van der Waals surface area (Å²) < 4.78 is 15.6. The number of nitrogens with zero attached hydrogens (tertiary/aromatic N) is 1. The summed E-state index contributed by atoms with van der Waals surface area (Å²) in [6, 6.07) is 4.85. The van der Waals surface area contributed by atoms with E-state index in [2.05, 4.69) is 0 Å². The normalized spacial score (nSPS) is 19.0. The number of hydrogen-bond acceptors (Lipinski definition) is 6. The number of amides is 1. The van der Waals surface area contributed by atoms with Gasteiger partial charge in [-0.05, 0) is 31.0 Å². The van der Waals surface area contributed by atoms with Crippen molar-refractivity contribution in [3.8, 4) is 11.5 Å². The monoisotopic (exact) mass is 333 g/mol. The lowest BCUT2D eigenvalue weighted by Gasteiger charge is -2.30. The van der Waals surface area contributed by atoms with Crippen molar-refractivity contribution in [2.24, 2.45) is 5.92 Å². The highest BCUT2D eigenvalue weighted by molar-refractivity contribution is 5.98. The van der Waals surface area contributed by atoms with E-state index in [1.165, 1.54) is 6.92 Å². The highest BCUT2D eigenvalue weighted by Crippen LogP contribution is 2.32. The Hall–Kier alpha value is -2.57. The van der Waals surface area contributed by atoms with Crippen LogP contribution in [0.2, 0.25) is 0 Å². The van der Waals surface area contributed by atoms with E-state index in [-0.39, 0.29) is 31.0 Å². The quantitative estimate of drug-likeness (QED) is 0.612. The smallest absolute Gasteiger partial charge is 0.311 e. The molecule has 1 amide bonds. The number of fused-ring (bicyclic) bond motifs is 1. The molecule has 2 aliphatic rings. The second-order valence-electron chi connectivity index (χ2n) is 5.90. The first kappa shape index (κ1) is 16.3. The number of likely N-dealkylation sites (tertiary alicyclic amines) is 1. The highest BCUT2D eigenvalue weighted by Gasteiger charge is 2.28. The standard InChI is InChI=1S/C17H19NO6/c1-11(19)18-6-2-3-13(8-18)17(21)22-9-14(20)12-4-5-15-16(7-12)24-10-23-15/h4-5,7,13H,2-3,6,8-10H2,1H3/t13-/m0/s1. The van der Waals surface area contributed by atoms with Crippen molar-refractivity contribution in [2.45, 2.75) is 19.8 Å². The molecule has 0 saturated carbocycles. The number of Topliss-reactive ketones (excluding diaryl/α,β-unsaturated/α-hetero) is 1. The van der Waals surface area contributed by atoms with Gasteiger partial charge in [-0.3, -0.25) is 14.4 Å². The van der Waals surface area contributed by atoms with Gasteiger partial charge in [0.2, 0.25) is 12.7 Å². The van der Waals surface area contributed by atoms with E-state index in [1.54, 1.807) is 23.1 Å². The summed E-state index contributed by atoms with van der Waals surface area (Å²) in [5.41, 5.74) is 0.404. The molecule has 7 heteroatoms. The summed E-state index contributed by atoms with van der Waals surface area (Å²) in [6.45, 7) is 2.31. The predicted octanol–water partition coefficient (Wildman–Crippen LogP) is 1.40. The molecule has 7 nitrogen and oxygen atoms in total. The molecule has 1 atom stereocenters. The van der Waals surface area contributed by atoms with E-state index >= 15 is 0 Å². The first-order chi connectivity index (χ1) is 11.5. The van der Waals surface area contributed by atoms with Gasteiger partial charge in [0.05, 0.1) is 5.92 Å². The Morgan fingerprint density at radius 1 is 1.25 bits per heavy atom. The van der Waals surface area contributed by atoms with E-state index in [9.17, 15) is 14.4 Å². The molecule has 1 aromatic rings. The third-order valence-electron chi connectivity index (χ3n) is 4.24. The van der Waals surface area contributed by atoms with Gasteiger partial charge >= 0.3 is 5.97 Å². The lowest BCUT2D eigenvalue weighted by molar-refractivity contribution is -0.150. The second-order valence-corrected chi connectivity index (χ2v) is 5.90. The number of ketones is 1. The molecule has 0 N–H and O–H groups in total. The molecular weight excluding hydrogens is 314 g/mol. The van der Waals surface area contributed by atoms with Gasteiger partial charge in [0.25, 0.3) is 0 Å². The number of carbonyl (C=O) groups is 3. The van der Waals surface area contributed by atoms with Crippen molar-refractivity contribution in [2.75, 3.05) is 26.5 Å². The number of ether oxygens (including phenoxy) is 3. The molecule has 1 saturated heterocycles. The topological polar surface area (TPSA) is 82.1 Å². The molecule has 3 rings (SSSR count). The van der Waals surface area contributed by atoms with Crippen molar-refractivity contribution in [3.05, 3.63) is 23.8 Å². The van der Waals surface area contributed by atoms with E-state index in [4.69, 9.17) is 14.2 Å². The molecule has 2 aliphatic heterocycles. The van der Waals surface area contributed by atoms with Crippen LogP contribution in [0.5, 0.6) is 11.5 Å². The Morgan fingerprint density at radius 2 is 2.04 bits per heavy atom. The van der Waals surface area contributed by atoms with Gasteiger partial charge in [-0.25, -0.2) is 0 Å². The average molecular weight is 333 g/mol. The van der Waals surface area contributed by atoms with E-state index in [0.717, 1.165) is 6.42 Å². The summed E-state index contributed by atoms with van der Waals surface area (Å²) in [7, 11) is 0. The fourth-order valence-electron chi connectivity index (χ4n) is 2.86. The lowest BCUT2D eigenvalue weighted by Crippen LogP contribution is -2.42. The highest BCUT2D eigenvalue weighted by atomic mass is 16.7. The van der Waals surface area contributed by atoms with Crippen LogP contribution in [-0.4, -0.2) is 49.0 Å². The number of benzene rings is 1. The molecule has 0 spiro atoms. The molecule has 0 bridgehead atoms. The van der Waals surface area contributed by atoms with Crippen LogP contribution in [0, 0.1) is 5.92 Å². The molecule has 2 heterocycles. The SMILES string of the molecule is CC(=O)N1CCC[C@H](C(=O)OCC(=O)c2ccc3c(c2)OCO3)C1. The van der Waals surface area contributed by atoms with Crippen LogP contribution in [-0.2, 0) is 14.3 Å². The average Bonchev–Trinajstić information content (AvgIpc) is 3.07. The van der Waals surface area contributed by atoms with Gasteiger partial charge in [0.1, 0.15) is 0 Å². The van der Waals surface area contributed by atoms with Crippen LogP contribution in [0.4, 0.5) is 0 Å². The second kappa shape index (κ2) is 6.90. The first-order valence-electron chi connectivity index (χ1n) is 7.89. The molecule has 1 fully saturated rings. The predicted molar refractivity (Wildman–Crippen MR) is 82.8 cm³/mol. The Balaban J connectivity index is 1.54. The van der Waals surface area contributed by atoms with Crippen molar-refractivity contribution in [1.29, 1.82) is 0 Å². The van der Waals surface area contributed by atoms with Gasteiger partial charge in [-0.1, -0.05) is 0 Å². The summed E-state index contributed by atoms with van der Waals surface area (Å²) in [6.07, 6.45) is 1.43. The Labute approximate surface area is 139 Å². The largest absolute Gasteiger partial charge is 0.457 e. The summed E-state index contributed by atoms with van der Waals surface area (Å²) in [5, 5.41) is 0. The van der Waals surface area contributed by atoms with Crippen LogP contribution in [0.25, 0.3) is 0 Å². The molecule has 0 aromatic heterocycles. The fourth-order valence-corrected chi connectivity index (χ4v) is 2.86. The molecule has 128 valence electrons. The van der Waals surface area contributed by atoms with Crippen LogP contribution >= 0.6 is 0 Å². The molecule has 0 aliphatic carbocycles. The van der Waals surface area contributed by atoms with Crippen LogP contribution in [0.15, 0.2) is 18.2 Å². The van der Waals surface area contributed by atoms with Gasteiger partial charge < -0.3 is 19.1 Å². The third-order valence-corrected chi connectivity index (χ3v) is 4.24. The van der Waals surface area contributed by atoms with Gasteiger partial charge in [0.15, 0.2) is 23.9 Å². The zero-order valence-electron chi connectivity index (χ0n) is 13.4. The maximum atomic E-state index is 12.2. The molecule has 0 radical (unpaired) electrons. The number of carbonyl (C=O) groups excluding carboxylic acids is 3. The Kier molecular flexibility index (Phi) is 4.69. The van der Waals surface area contributed by atoms with Crippen LogP contribution in [0.1, 0.15) is 30.1 Å². The van der Waals surface area contributed by atoms with Crippen LogP contribution in [0.3, 0.4) is 0 Å². The van der Waals surface area contributed by atoms with Gasteiger partial charge in [0, 0.05) is 25.6 Å². The van der Waals surface area contributed by atoms with Gasteiger partial charge in [-0.2, -0.15) is 0 Å². The zero-order chi connectivity index (χ0) is 17.1. The van der Waals surface area contributed by atoms with Crippen molar-refractivity contribution in [1.82, 2.24) is 4.90 Å². The molecule has 0 unspecified atom stereocenters. The van der Waals surface area contributed by atoms with E-state index in [0.29, 0.717) is 36.6 Å². The minimum atomic E-state index is -0.435.